The standard InChI is InChI=1S/C12H13F3N4/c1-8-17-11(5-6-16)19(18-8)10-4-2-3-9(7-10)12(13,14)15/h2-4,7H,5-6,16H2,1H3. The summed E-state index contributed by atoms with van der Waals surface area (Å²) in [5.41, 5.74) is 5.08. The Morgan fingerprint density at radius 1 is 1.32 bits per heavy atom. The first kappa shape index (κ1) is 13.5. The second-order valence-electron chi connectivity index (χ2n) is 4.07. The lowest BCUT2D eigenvalue weighted by Crippen LogP contribution is -2.11. The second kappa shape index (κ2) is 5.00. The van der Waals surface area contributed by atoms with Crippen LogP contribution in [0.25, 0.3) is 5.69 Å². The average Bonchev–Trinajstić information content (AvgIpc) is 2.70. The monoisotopic (exact) mass is 270 g/mol. The summed E-state index contributed by atoms with van der Waals surface area (Å²) in [6.45, 7) is 2.04. The maximum absolute atomic E-state index is 12.7. The first-order valence-electron chi connectivity index (χ1n) is 5.72. The smallest absolute Gasteiger partial charge is 0.330 e. The number of nitrogens with zero attached hydrogens (tertiary/aromatic N) is 3. The van der Waals surface area contributed by atoms with Crippen LogP contribution in [0.2, 0.25) is 0 Å². The van der Waals surface area contributed by atoms with Gasteiger partial charge in [0.25, 0.3) is 0 Å². The quantitative estimate of drug-likeness (QED) is 0.929. The van der Waals surface area contributed by atoms with Crippen LogP contribution in [-0.2, 0) is 12.6 Å². The van der Waals surface area contributed by atoms with E-state index < -0.39 is 11.7 Å². The van der Waals surface area contributed by atoms with Gasteiger partial charge in [-0.3, -0.25) is 0 Å². The molecule has 0 saturated carbocycles. The van der Waals surface area contributed by atoms with Gasteiger partial charge in [0.1, 0.15) is 11.6 Å². The van der Waals surface area contributed by atoms with Crippen molar-refractivity contribution in [3.05, 3.63) is 41.5 Å². The molecule has 19 heavy (non-hydrogen) atoms. The topological polar surface area (TPSA) is 56.7 Å². The van der Waals surface area contributed by atoms with E-state index in [1.165, 1.54) is 10.7 Å². The van der Waals surface area contributed by atoms with Crippen LogP contribution in [0.15, 0.2) is 24.3 Å². The van der Waals surface area contributed by atoms with Crippen LogP contribution in [0, 0.1) is 6.92 Å². The van der Waals surface area contributed by atoms with Gasteiger partial charge in [0, 0.05) is 6.42 Å². The molecule has 0 radical (unpaired) electrons. The fraction of sp³-hybridized carbons (Fsp3) is 0.333. The summed E-state index contributed by atoms with van der Waals surface area (Å²) in [6, 6.07) is 4.98. The van der Waals surface area contributed by atoms with Gasteiger partial charge in [-0.05, 0) is 31.7 Å². The van der Waals surface area contributed by atoms with Gasteiger partial charge < -0.3 is 5.73 Å². The highest BCUT2D eigenvalue weighted by molar-refractivity contribution is 5.37. The normalized spacial score (nSPS) is 11.8. The molecular formula is C12H13F3N4. The van der Waals surface area contributed by atoms with Crippen molar-refractivity contribution in [2.45, 2.75) is 19.5 Å². The fourth-order valence-corrected chi connectivity index (χ4v) is 1.77. The van der Waals surface area contributed by atoms with E-state index >= 15 is 0 Å². The van der Waals surface area contributed by atoms with Crippen molar-refractivity contribution in [3.63, 3.8) is 0 Å². The molecule has 0 unspecified atom stereocenters. The fourth-order valence-electron chi connectivity index (χ4n) is 1.77. The van der Waals surface area contributed by atoms with Crippen LogP contribution in [0.3, 0.4) is 0 Å². The van der Waals surface area contributed by atoms with E-state index in [1.54, 1.807) is 13.0 Å². The first-order chi connectivity index (χ1) is 8.91. The molecule has 0 atom stereocenters. The predicted octanol–water partition coefficient (Wildman–Crippen LogP) is 2.10. The highest BCUT2D eigenvalue weighted by atomic mass is 19.4. The maximum atomic E-state index is 12.7. The van der Waals surface area contributed by atoms with E-state index in [9.17, 15) is 13.2 Å². The molecule has 4 nitrogen and oxygen atoms in total. The van der Waals surface area contributed by atoms with Crippen LogP contribution in [0.5, 0.6) is 0 Å². The lowest BCUT2D eigenvalue weighted by Gasteiger charge is -2.10. The van der Waals surface area contributed by atoms with E-state index in [2.05, 4.69) is 10.1 Å². The summed E-state index contributed by atoms with van der Waals surface area (Å²) in [6.07, 6.45) is -3.92. The van der Waals surface area contributed by atoms with Gasteiger partial charge in [-0.2, -0.15) is 18.3 Å². The summed E-state index contributed by atoms with van der Waals surface area (Å²) >= 11 is 0. The van der Waals surface area contributed by atoms with Gasteiger partial charge >= 0.3 is 6.18 Å². The third-order valence-corrected chi connectivity index (χ3v) is 2.57. The van der Waals surface area contributed by atoms with Crippen molar-refractivity contribution >= 4 is 0 Å². The van der Waals surface area contributed by atoms with E-state index in [0.29, 0.717) is 30.3 Å². The lowest BCUT2D eigenvalue weighted by atomic mass is 10.2. The molecule has 0 aliphatic carbocycles. The third-order valence-electron chi connectivity index (χ3n) is 2.57. The lowest BCUT2D eigenvalue weighted by molar-refractivity contribution is -0.137. The van der Waals surface area contributed by atoms with E-state index in [1.807, 2.05) is 0 Å². The minimum Gasteiger partial charge on any atom is -0.330 e. The molecule has 2 rings (SSSR count). The number of hydrogen-bond acceptors (Lipinski definition) is 3. The highest BCUT2D eigenvalue weighted by Gasteiger charge is 2.30. The van der Waals surface area contributed by atoms with E-state index in [-0.39, 0.29) is 0 Å². The van der Waals surface area contributed by atoms with Crippen LogP contribution in [0.1, 0.15) is 17.2 Å². The van der Waals surface area contributed by atoms with Crippen molar-refractivity contribution in [2.75, 3.05) is 6.54 Å². The van der Waals surface area contributed by atoms with Crippen LogP contribution >= 0.6 is 0 Å². The molecule has 1 heterocycles. The Balaban J connectivity index is 2.47. The van der Waals surface area contributed by atoms with Crippen LogP contribution in [-0.4, -0.2) is 21.3 Å². The molecule has 102 valence electrons. The number of aryl methyl sites for hydroxylation is 1. The number of benzene rings is 1. The van der Waals surface area contributed by atoms with Crippen LogP contribution in [0.4, 0.5) is 13.2 Å². The first-order valence-corrected chi connectivity index (χ1v) is 5.72. The Bertz CT molecular complexity index is 575. The summed E-state index contributed by atoms with van der Waals surface area (Å²) < 4.78 is 39.4. The molecule has 0 fully saturated rings. The maximum Gasteiger partial charge on any atom is 0.416 e. The molecule has 1 aromatic carbocycles. The molecule has 0 amide bonds. The number of halogens is 3. The van der Waals surface area contributed by atoms with E-state index in [0.717, 1.165) is 12.1 Å². The minimum absolute atomic E-state index is 0.332. The molecule has 2 N–H and O–H groups in total. The third kappa shape index (κ3) is 2.93. The van der Waals surface area contributed by atoms with Gasteiger partial charge in [-0.1, -0.05) is 6.07 Å². The molecule has 0 spiro atoms. The number of alkyl halides is 3. The van der Waals surface area contributed by atoms with Crippen molar-refractivity contribution in [2.24, 2.45) is 5.73 Å². The van der Waals surface area contributed by atoms with E-state index in [4.69, 9.17) is 5.73 Å². The Kier molecular flexibility index (Phi) is 3.57. The Labute approximate surface area is 108 Å². The predicted molar refractivity (Wildman–Crippen MR) is 63.9 cm³/mol. The molecule has 0 aliphatic rings. The molecule has 0 saturated heterocycles. The van der Waals surface area contributed by atoms with Gasteiger partial charge in [0.15, 0.2) is 0 Å². The minimum atomic E-state index is -4.38. The Morgan fingerprint density at radius 3 is 2.68 bits per heavy atom. The molecular weight excluding hydrogens is 257 g/mol. The second-order valence-corrected chi connectivity index (χ2v) is 4.07. The van der Waals surface area contributed by atoms with Crippen molar-refractivity contribution < 1.29 is 13.2 Å². The number of aromatic nitrogens is 3. The summed E-state index contributed by atoms with van der Waals surface area (Å²) in [7, 11) is 0. The van der Waals surface area contributed by atoms with Gasteiger partial charge in [0.2, 0.25) is 0 Å². The molecule has 0 aliphatic heterocycles. The van der Waals surface area contributed by atoms with Gasteiger partial charge in [-0.15, -0.1) is 0 Å². The summed E-state index contributed by atoms with van der Waals surface area (Å²) in [5, 5.41) is 4.11. The van der Waals surface area contributed by atoms with Crippen LogP contribution < -0.4 is 5.73 Å². The van der Waals surface area contributed by atoms with Gasteiger partial charge in [-0.25, -0.2) is 9.67 Å². The highest BCUT2D eigenvalue weighted by Crippen LogP contribution is 2.30. The Morgan fingerprint density at radius 2 is 2.05 bits per heavy atom. The van der Waals surface area contributed by atoms with Crippen molar-refractivity contribution in [1.82, 2.24) is 14.8 Å². The largest absolute Gasteiger partial charge is 0.416 e. The molecule has 7 heteroatoms. The zero-order valence-electron chi connectivity index (χ0n) is 10.3. The molecule has 1 aromatic heterocycles. The molecule has 0 bridgehead atoms. The Hall–Kier alpha value is -1.89. The number of rotatable bonds is 3. The number of nitrogens with two attached hydrogens (primary N) is 1. The van der Waals surface area contributed by atoms with Crippen molar-refractivity contribution in [3.8, 4) is 5.69 Å². The van der Waals surface area contributed by atoms with Crippen molar-refractivity contribution in [1.29, 1.82) is 0 Å². The molecule has 2 aromatic rings. The zero-order valence-corrected chi connectivity index (χ0v) is 10.3. The van der Waals surface area contributed by atoms with Gasteiger partial charge in [0.05, 0.1) is 11.3 Å². The number of hydrogen-bond donors (Lipinski definition) is 1. The summed E-state index contributed by atoms with van der Waals surface area (Å²) in [4.78, 5) is 4.16. The average molecular weight is 270 g/mol. The zero-order chi connectivity index (χ0) is 14.0. The SMILES string of the molecule is Cc1nc(CCN)n(-c2cccc(C(F)(F)F)c2)n1. The summed E-state index contributed by atoms with van der Waals surface area (Å²) in [5.74, 6) is 1.06.